The predicted molar refractivity (Wildman–Crippen MR) is 164 cm³/mol. The quantitative estimate of drug-likeness (QED) is 0.133. The molecule has 0 fully saturated rings. The zero-order valence-electron chi connectivity index (χ0n) is 22.4. The van der Waals surface area contributed by atoms with Gasteiger partial charge in [0.1, 0.15) is 29.4 Å². The van der Waals surface area contributed by atoms with E-state index in [9.17, 15) is 15.0 Å². The lowest BCUT2D eigenvalue weighted by Crippen LogP contribution is -2.19. The third-order valence-corrected chi connectivity index (χ3v) is 6.72. The molecule has 4 aromatic carbocycles. The number of phenols is 2. The number of hydrogen-bond acceptors (Lipinski definition) is 7. The molecule has 2 amide bonds. The summed E-state index contributed by atoms with van der Waals surface area (Å²) in [4.78, 5) is 21.2. The normalized spacial score (nSPS) is 10.9. The van der Waals surface area contributed by atoms with Crippen molar-refractivity contribution in [2.75, 3.05) is 22.5 Å². The minimum absolute atomic E-state index is 0.155. The van der Waals surface area contributed by atoms with Gasteiger partial charge in [0.25, 0.3) is 0 Å². The van der Waals surface area contributed by atoms with Crippen LogP contribution in [0, 0.1) is 0 Å². The largest absolute Gasteiger partial charge is 0.508 e. The molecule has 9 nitrogen and oxygen atoms in total. The number of hydrogen-bond donors (Lipinski definition) is 5. The number of aromatic nitrogens is 2. The van der Waals surface area contributed by atoms with E-state index in [4.69, 9.17) is 4.42 Å². The molecule has 5 N–H and O–H groups in total. The van der Waals surface area contributed by atoms with E-state index in [1.54, 1.807) is 36.4 Å². The van der Waals surface area contributed by atoms with Crippen LogP contribution in [0.4, 0.5) is 22.0 Å². The highest BCUT2D eigenvalue weighted by molar-refractivity contribution is 6.06. The first-order valence-electron chi connectivity index (χ1n) is 13.4. The fourth-order valence-corrected chi connectivity index (χ4v) is 4.68. The summed E-state index contributed by atoms with van der Waals surface area (Å²) in [7, 11) is 0. The van der Waals surface area contributed by atoms with Crippen molar-refractivity contribution in [3.05, 3.63) is 115 Å². The average Bonchev–Trinajstić information content (AvgIpc) is 3.40. The second kappa shape index (κ2) is 11.7. The number of phenolic OH excluding ortho intramolecular Hbond substituents is 2. The van der Waals surface area contributed by atoms with Crippen molar-refractivity contribution in [3.63, 3.8) is 0 Å². The Hall–Kier alpha value is -5.83. The summed E-state index contributed by atoms with van der Waals surface area (Å²) in [5.74, 6) is 1.51. The Balaban J connectivity index is 1.20. The van der Waals surface area contributed by atoms with Crippen LogP contribution in [0.1, 0.15) is 5.56 Å². The highest BCUT2D eigenvalue weighted by atomic mass is 16.3. The van der Waals surface area contributed by atoms with E-state index in [1.165, 1.54) is 6.33 Å². The van der Waals surface area contributed by atoms with Crippen LogP contribution in [0.25, 0.3) is 33.6 Å². The third kappa shape index (κ3) is 5.85. The molecule has 0 aliphatic heterocycles. The number of anilines is 3. The summed E-state index contributed by atoms with van der Waals surface area (Å²) >= 11 is 0. The molecule has 0 spiro atoms. The van der Waals surface area contributed by atoms with Crippen molar-refractivity contribution in [2.45, 2.75) is 6.42 Å². The van der Waals surface area contributed by atoms with Gasteiger partial charge in [-0.15, -0.1) is 0 Å². The Morgan fingerprint density at radius 3 is 2.00 bits per heavy atom. The lowest BCUT2D eigenvalue weighted by Gasteiger charge is -2.10. The van der Waals surface area contributed by atoms with Crippen molar-refractivity contribution < 1.29 is 19.4 Å². The number of nitrogens with zero attached hydrogens (tertiary/aromatic N) is 2. The maximum atomic E-state index is 12.3. The van der Waals surface area contributed by atoms with Crippen LogP contribution in [0.5, 0.6) is 11.5 Å². The topological polar surface area (TPSA) is 133 Å². The second-order valence-electron chi connectivity index (χ2n) is 9.62. The van der Waals surface area contributed by atoms with Crippen LogP contribution in [-0.4, -0.2) is 32.8 Å². The Kier molecular flexibility index (Phi) is 7.37. The van der Waals surface area contributed by atoms with Crippen molar-refractivity contribution in [1.29, 1.82) is 0 Å². The number of carbonyl (C=O) groups excluding carboxylic acids is 1. The Labute approximate surface area is 241 Å². The highest BCUT2D eigenvalue weighted by Crippen LogP contribution is 2.43. The number of urea groups is 1. The van der Waals surface area contributed by atoms with E-state index in [1.807, 2.05) is 66.7 Å². The molecule has 0 bridgehead atoms. The van der Waals surface area contributed by atoms with Gasteiger partial charge in [0.05, 0.1) is 5.39 Å². The van der Waals surface area contributed by atoms with Gasteiger partial charge < -0.3 is 30.6 Å². The van der Waals surface area contributed by atoms with Gasteiger partial charge >= 0.3 is 6.03 Å². The zero-order chi connectivity index (χ0) is 28.9. The minimum atomic E-state index is -0.306. The van der Waals surface area contributed by atoms with Gasteiger partial charge in [-0.2, -0.15) is 0 Å². The van der Waals surface area contributed by atoms with E-state index < -0.39 is 0 Å². The Morgan fingerprint density at radius 1 is 0.714 bits per heavy atom. The number of benzene rings is 4. The number of para-hydroxylation sites is 1. The summed E-state index contributed by atoms with van der Waals surface area (Å²) in [6, 6.07) is 30.3. The first-order chi connectivity index (χ1) is 20.5. The first kappa shape index (κ1) is 26.4. The lowest BCUT2D eigenvalue weighted by atomic mass is 9.99. The van der Waals surface area contributed by atoms with Crippen molar-refractivity contribution in [1.82, 2.24) is 9.97 Å². The average molecular weight is 558 g/mol. The van der Waals surface area contributed by atoms with Gasteiger partial charge in [-0.3, -0.25) is 0 Å². The van der Waals surface area contributed by atoms with E-state index in [-0.39, 0.29) is 17.5 Å². The fraction of sp³-hybridized carbons (Fsp3) is 0.0606. The van der Waals surface area contributed by atoms with Crippen molar-refractivity contribution >= 4 is 34.3 Å². The number of amides is 2. The SMILES string of the molecule is O=C(Nc1ccccc1)Nc1ccc(CCNc2ncnc3oc(-c4ccc(O)cc4)c(-c4ccc(O)cc4)c23)cc1. The molecular formula is C33H27N5O4. The summed E-state index contributed by atoms with van der Waals surface area (Å²) < 4.78 is 6.22. The number of fused-ring (bicyclic) bond motifs is 1. The smallest absolute Gasteiger partial charge is 0.323 e. The van der Waals surface area contributed by atoms with E-state index in [0.717, 1.165) is 33.3 Å². The van der Waals surface area contributed by atoms with Gasteiger partial charge in [-0.05, 0) is 78.2 Å². The lowest BCUT2D eigenvalue weighted by molar-refractivity contribution is 0.262. The van der Waals surface area contributed by atoms with Crippen molar-refractivity contribution in [2.24, 2.45) is 0 Å². The molecule has 0 unspecified atom stereocenters. The van der Waals surface area contributed by atoms with Crippen LogP contribution in [0.15, 0.2) is 114 Å². The molecule has 0 radical (unpaired) electrons. The van der Waals surface area contributed by atoms with Crippen LogP contribution in [0.3, 0.4) is 0 Å². The van der Waals surface area contributed by atoms with Gasteiger partial charge in [0.2, 0.25) is 5.71 Å². The number of rotatable bonds is 8. The molecule has 2 aromatic heterocycles. The Bertz CT molecular complexity index is 1820. The monoisotopic (exact) mass is 557 g/mol. The van der Waals surface area contributed by atoms with Crippen LogP contribution >= 0.6 is 0 Å². The van der Waals surface area contributed by atoms with Crippen molar-refractivity contribution in [3.8, 4) is 33.9 Å². The van der Waals surface area contributed by atoms with Crippen LogP contribution in [0.2, 0.25) is 0 Å². The van der Waals surface area contributed by atoms with E-state index >= 15 is 0 Å². The second-order valence-corrected chi connectivity index (χ2v) is 9.62. The number of nitrogens with one attached hydrogen (secondary N) is 3. The fourth-order valence-electron chi connectivity index (χ4n) is 4.68. The molecule has 208 valence electrons. The van der Waals surface area contributed by atoms with Crippen LogP contribution in [-0.2, 0) is 6.42 Å². The standard InChI is InChI=1S/C33H27N5O4/c39-26-14-8-22(9-15-26)28-29-31(35-20-36-32(29)42-30(28)23-10-16-27(40)17-11-23)34-19-18-21-6-12-25(13-7-21)38-33(41)37-24-4-2-1-3-5-24/h1-17,20,39-40H,18-19H2,(H,34,35,36)(H2,37,38,41). The highest BCUT2D eigenvalue weighted by Gasteiger charge is 2.22. The number of carbonyl (C=O) groups is 1. The molecule has 0 aliphatic rings. The molecule has 0 atom stereocenters. The summed E-state index contributed by atoms with van der Waals surface area (Å²) in [6.45, 7) is 0.585. The summed E-state index contributed by atoms with van der Waals surface area (Å²) in [5.41, 5.74) is 5.29. The number of furan rings is 1. The third-order valence-electron chi connectivity index (χ3n) is 6.72. The van der Waals surface area contributed by atoms with Gasteiger partial charge in [-0.25, -0.2) is 14.8 Å². The number of aromatic hydroxyl groups is 2. The molecule has 6 aromatic rings. The molecule has 9 heteroatoms. The van der Waals surface area contributed by atoms with Gasteiger partial charge in [-0.1, -0.05) is 42.5 Å². The molecule has 42 heavy (non-hydrogen) atoms. The van der Waals surface area contributed by atoms with E-state index in [2.05, 4.69) is 25.9 Å². The maximum absolute atomic E-state index is 12.3. The Morgan fingerprint density at radius 2 is 1.33 bits per heavy atom. The zero-order valence-corrected chi connectivity index (χ0v) is 22.4. The summed E-state index contributed by atoms with van der Waals surface area (Å²) in [6.07, 6.45) is 2.16. The molecule has 0 saturated heterocycles. The predicted octanol–water partition coefficient (Wildman–Crippen LogP) is 7.27. The summed E-state index contributed by atoms with van der Waals surface area (Å²) in [5, 5.41) is 29.4. The first-order valence-corrected chi connectivity index (χ1v) is 13.4. The maximum Gasteiger partial charge on any atom is 0.323 e. The van der Waals surface area contributed by atoms with Gasteiger partial charge in [0, 0.05) is 29.0 Å². The molecule has 0 aliphatic carbocycles. The van der Waals surface area contributed by atoms with Crippen LogP contribution < -0.4 is 16.0 Å². The molecule has 0 saturated carbocycles. The van der Waals surface area contributed by atoms with E-state index in [0.29, 0.717) is 35.9 Å². The van der Waals surface area contributed by atoms with Gasteiger partial charge in [0.15, 0.2) is 0 Å². The molecule has 2 heterocycles. The minimum Gasteiger partial charge on any atom is -0.508 e. The molecular weight excluding hydrogens is 530 g/mol. The molecule has 6 rings (SSSR count).